The van der Waals surface area contributed by atoms with Gasteiger partial charge in [-0.1, -0.05) is 6.07 Å². The Morgan fingerprint density at radius 3 is 2.74 bits per heavy atom. The summed E-state index contributed by atoms with van der Waals surface area (Å²) >= 11 is 0. The SMILES string of the molecule is COc1ccc(Cn2ccnc2N)cc1OC(F)F. The Morgan fingerprint density at radius 2 is 2.16 bits per heavy atom. The van der Waals surface area contributed by atoms with Crippen LogP contribution in [-0.4, -0.2) is 23.3 Å². The van der Waals surface area contributed by atoms with Gasteiger partial charge in [-0.3, -0.25) is 0 Å². The molecule has 0 fully saturated rings. The van der Waals surface area contributed by atoms with Crippen LogP contribution in [-0.2, 0) is 6.54 Å². The standard InChI is InChI=1S/C12H13F2N3O2/c1-18-9-3-2-8(6-10(9)19-11(13)14)7-17-5-4-16-12(17)15/h2-6,11H,7H2,1H3,(H2,15,16). The monoisotopic (exact) mass is 269 g/mol. The molecular formula is C12H13F2N3O2. The van der Waals surface area contributed by atoms with E-state index in [1.165, 1.54) is 13.2 Å². The average Bonchev–Trinajstić information content (AvgIpc) is 2.75. The van der Waals surface area contributed by atoms with Crippen molar-refractivity contribution in [2.45, 2.75) is 13.2 Å². The molecule has 0 saturated carbocycles. The maximum absolute atomic E-state index is 12.3. The smallest absolute Gasteiger partial charge is 0.387 e. The fraction of sp³-hybridized carbons (Fsp3) is 0.250. The minimum atomic E-state index is -2.90. The Morgan fingerprint density at radius 1 is 1.37 bits per heavy atom. The predicted molar refractivity (Wildman–Crippen MR) is 65.4 cm³/mol. The molecule has 0 spiro atoms. The number of aromatic nitrogens is 2. The molecule has 0 amide bonds. The first kappa shape index (κ1) is 13.1. The van der Waals surface area contributed by atoms with Crippen LogP contribution >= 0.6 is 0 Å². The van der Waals surface area contributed by atoms with E-state index in [4.69, 9.17) is 10.5 Å². The molecule has 1 aromatic heterocycles. The first-order valence-electron chi connectivity index (χ1n) is 5.48. The number of nitrogens with two attached hydrogens (primary N) is 1. The van der Waals surface area contributed by atoms with Gasteiger partial charge in [0.05, 0.1) is 13.7 Å². The van der Waals surface area contributed by atoms with Crippen LogP contribution in [0.5, 0.6) is 11.5 Å². The average molecular weight is 269 g/mol. The number of nitrogens with zero attached hydrogens (tertiary/aromatic N) is 2. The molecule has 0 bridgehead atoms. The van der Waals surface area contributed by atoms with Gasteiger partial charge in [-0.25, -0.2) is 4.98 Å². The van der Waals surface area contributed by atoms with Crippen molar-refractivity contribution in [3.05, 3.63) is 36.2 Å². The van der Waals surface area contributed by atoms with Crippen molar-refractivity contribution in [1.29, 1.82) is 0 Å². The third-order valence-corrected chi connectivity index (χ3v) is 2.54. The normalized spacial score (nSPS) is 10.7. The highest BCUT2D eigenvalue weighted by molar-refractivity contribution is 5.43. The fourth-order valence-electron chi connectivity index (χ4n) is 1.68. The first-order chi connectivity index (χ1) is 9.10. The molecule has 2 aromatic rings. The van der Waals surface area contributed by atoms with Crippen molar-refractivity contribution < 1.29 is 18.3 Å². The van der Waals surface area contributed by atoms with E-state index in [0.717, 1.165) is 5.56 Å². The molecule has 0 atom stereocenters. The summed E-state index contributed by atoms with van der Waals surface area (Å²) in [5.74, 6) is 0.600. The number of hydrogen-bond donors (Lipinski definition) is 1. The van der Waals surface area contributed by atoms with Crippen LogP contribution in [0.25, 0.3) is 0 Å². The van der Waals surface area contributed by atoms with Gasteiger partial charge in [-0.2, -0.15) is 8.78 Å². The summed E-state index contributed by atoms with van der Waals surface area (Å²) in [7, 11) is 1.39. The van der Waals surface area contributed by atoms with Crippen LogP contribution in [0.4, 0.5) is 14.7 Å². The first-order valence-corrected chi connectivity index (χ1v) is 5.48. The number of ether oxygens (including phenoxy) is 2. The lowest BCUT2D eigenvalue weighted by atomic mass is 10.2. The number of methoxy groups -OCH3 is 1. The quantitative estimate of drug-likeness (QED) is 0.903. The van der Waals surface area contributed by atoms with Crippen molar-refractivity contribution in [1.82, 2.24) is 9.55 Å². The minimum Gasteiger partial charge on any atom is -0.493 e. The molecule has 19 heavy (non-hydrogen) atoms. The van der Waals surface area contributed by atoms with Crippen molar-refractivity contribution >= 4 is 5.95 Å². The second-order valence-electron chi connectivity index (χ2n) is 3.78. The summed E-state index contributed by atoms with van der Waals surface area (Å²) in [5.41, 5.74) is 6.39. The van der Waals surface area contributed by atoms with Crippen LogP contribution in [0.2, 0.25) is 0 Å². The van der Waals surface area contributed by atoms with E-state index in [1.807, 2.05) is 0 Å². The van der Waals surface area contributed by atoms with Gasteiger partial charge in [-0.05, 0) is 17.7 Å². The van der Waals surface area contributed by atoms with Crippen LogP contribution < -0.4 is 15.2 Å². The molecule has 0 saturated heterocycles. The molecule has 0 unspecified atom stereocenters. The number of nitrogen functional groups attached to an aromatic ring is 1. The molecule has 5 nitrogen and oxygen atoms in total. The largest absolute Gasteiger partial charge is 0.493 e. The summed E-state index contributed by atoms with van der Waals surface area (Å²) in [6.07, 6.45) is 3.27. The Hall–Kier alpha value is -2.31. The van der Waals surface area contributed by atoms with Crippen LogP contribution in [0.15, 0.2) is 30.6 Å². The lowest BCUT2D eigenvalue weighted by molar-refractivity contribution is -0.0512. The lowest BCUT2D eigenvalue weighted by Crippen LogP contribution is -2.06. The fourth-order valence-corrected chi connectivity index (χ4v) is 1.68. The molecular weight excluding hydrogens is 256 g/mol. The molecule has 102 valence electrons. The molecule has 1 heterocycles. The van der Waals surface area contributed by atoms with Crippen molar-refractivity contribution in [3.8, 4) is 11.5 Å². The van der Waals surface area contributed by atoms with E-state index in [0.29, 0.717) is 12.5 Å². The lowest BCUT2D eigenvalue weighted by Gasteiger charge is -2.12. The number of rotatable bonds is 5. The maximum atomic E-state index is 12.3. The van der Waals surface area contributed by atoms with Gasteiger partial charge in [0.2, 0.25) is 0 Å². The minimum absolute atomic E-state index is 0.00585. The molecule has 1 aromatic carbocycles. The summed E-state index contributed by atoms with van der Waals surface area (Å²) in [6, 6.07) is 4.81. The van der Waals surface area contributed by atoms with E-state index in [-0.39, 0.29) is 11.5 Å². The zero-order chi connectivity index (χ0) is 13.8. The van der Waals surface area contributed by atoms with Gasteiger partial charge in [-0.15, -0.1) is 0 Å². The van der Waals surface area contributed by atoms with Gasteiger partial charge in [0.15, 0.2) is 17.4 Å². The second-order valence-corrected chi connectivity index (χ2v) is 3.78. The summed E-state index contributed by atoms with van der Waals surface area (Å²) in [5, 5.41) is 0. The number of benzene rings is 1. The van der Waals surface area contributed by atoms with Crippen molar-refractivity contribution in [3.63, 3.8) is 0 Å². The van der Waals surface area contributed by atoms with Crippen LogP contribution in [0.1, 0.15) is 5.56 Å². The van der Waals surface area contributed by atoms with Crippen molar-refractivity contribution in [2.75, 3.05) is 12.8 Å². The van der Waals surface area contributed by atoms with Gasteiger partial charge in [0.1, 0.15) is 0 Å². The van der Waals surface area contributed by atoms with Crippen LogP contribution in [0.3, 0.4) is 0 Å². The van der Waals surface area contributed by atoms with Crippen LogP contribution in [0, 0.1) is 0 Å². The van der Waals surface area contributed by atoms with E-state index in [9.17, 15) is 8.78 Å². The Bertz CT molecular complexity index is 558. The number of halogens is 2. The molecule has 0 aliphatic heterocycles. The van der Waals surface area contributed by atoms with Crippen molar-refractivity contribution in [2.24, 2.45) is 0 Å². The van der Waals surface area contributed by atoms with Gasteiger partial charge >= 0.3 is 6.61 Å². The second kappa shape index (κ2) is 5.55. The predicted octanol–water partition coefficient (Wildman–Crippen LogP) is 2.12. The highest BCUT2D eigenvalue weighted by Crippen LogP contribution is 2.29. The Labute approximate surface area is 108 Å². The molecule has 2 rings (SSSR count). The Kier molecular flexibility index (Phi) is 3.84. The van der Waals surface area contributed by atoms with Gasteiger partial charge < -0.3 is 19.8 Å². The highest BCUT2D eigenvalue weighted by Gasteiger charge is 2.11. The summed E-state index contributed by atoms with van der Waals surface area (Å²) in [4.78, 5) is 3.88. The van der Waals surface area contributed by atoms with E-state index in [1.54, 1.807) is 29.1 Å². The number of anilines is 1. The van der Waals surface area contributed by atoms with E-state index >= 15 is 0 Å². The maximum Gasteiger partial charge on any atom is 0.387 e. The molecule has 0 aliphatic rings. The summed E-state index contributed by atoms with van der Waals surface area (Å²) < 4.78 is 35.7. The third-order valence-electron chi connectivity index (χ3n) is 2.54. The van der Waals surface area contributed by atoms with Gasteiger partial charge in [0, 0.05) is 12.4 Å². The highest BCUT2D eigenvalue weighted by atomic mass is 19.3. The zero-order valence-electron chi connectivity index (χ0n) is 10.2. The van der Waals surface area contributed by atoms with E-state index in [2.05, 4.69) is 9.72 Å². The summed E-state index contributed by atoms with van der Waals surface area (Å²) in [6.45, 7) is -2.49. The number of imidazole rings is 1. The Balaban J connectivity index is 2.24. The zero-order valence-corrected chi connectivity index (χ0v) is 10.2. The topological polar surface area (TPSA) is 62.3 Å². The molecule has 2 N–H and O–H groups in total. The molecule has 0 aliphatic carbocycles. The number of alkyl halides is 2. The molecule has 7 heteroatoms. The molecule has 0 radical (unpaired) electrons. The van der Waals surface area contributed by atoms with E-state index < -0.39 is 6.61 Å². The van der Waals surface area contributed by atoms with Gasteiger partial charge in [0.25, 0.3) is 0 Å². The number of hydrogen-bond acceptors (Lipinski definition) is 4. The third kappa shape index (κ3) is 3.12.